The highest BCUT2D eigenvalue weighted by Crippen LogP contribution is 2.35. The van der Waals surface area contributed by atoms with Gasteiger partial charge in [0.2, 0.25) is 5.13 Å². The SMILES string of the molecule is Cn1nnnc1-c1cc(CO)cc(-c2nnc(Nc3ccc4[nH]ncc4c3Cl)s2)c1. The van der Waals surface area contributed by atoms with E-state index in [9.17, 15) is 5.11 Å². The van der Waals surface area contributed by atoms with Gasteiger partial charge in [0.25, 0.3) is 0 Å². The van der Waals surface area contributed by atoms with Gasteiger partial charge in [0.1, 0.15) is 5.01 Å². The fraction of sp³-hybridized carbons (Fsp3) is 0.111. The summed E-state index contributed by atoms with van der Waals surface area (Å²) in [7, 11) is 1.76. The molecule has 0 bridgehead atoms. The van der Waals surface area contributed by atoms with E-state index in [2.05, 4.69) is 41.2 Å². The molecule has 150 valence electrons. The third-order valence-electron chi connectivity index (χ3n) is 4.53. The van der Waals surface area contributed by atoms with Gasteiger partial charge in [0, 0.05) is 23.6 Å². The van der Waals surface area contributed by atoms with Gasteiger partial charge < -0.3 is 10.4 Å². The average Bonchev–Trinajstić information content (AvgIpc) is 3.50. The lowest BCUT2D eigenvalue weighted by Crippen LogP contribution is -1.96. The van der Waals surface area contributed by atoms with Crippen molar-refractivity contribution in [3.63, 3.8) is 0 Å². The Labute approximate surface area is 178 Å². The number of aromatic nitrogens is 8. The van der Waals surface area contributed by atoms with Gasteiger partial charge in [-0.05, 0) is 46.3 Å². The highest BCUT2D eigenvalue weighted by molar-refractivity contribution is 7.18. The summed E-state index contributed by atoms with van der Waals surface area (Å²) in [5.74, 6) is 0.592. The number of aliphatic hydroxyl groups is 1. The zero-order valence-corrected chi connectivity index (χ0v) is 17.1. The van der Waals surface area contributed by atoms with Gasteiger partial charge in [-0.15, -0.1) is 15.3 Å². The van der Waals surface area contributed by atoms with E-state index in [1.54, 1.807) is 17.9 Å². The van der Waals surface area contributed by atoms with E-state index in [4.69, 9.17) is 11.6 Å². The summed E-state index contributed by atoms with van der Waals surface area (Å²) in [5.41, 5.74) is 3.88. The summed E-state index contributed by atoms with van der Waals surface area (Å²) in [6, 6.07) is 9.37. The Balaban J connectivity index is 1.49. The number of tetrazole rings is 1. The number of anilines is 2. The van der Waals surface area contributed by atoms with Crippen LogP contribution in [0.2, 0.25) is 5.02 Å². The van der Waals surface area contributed by atoms with Crippen LogP contribution in [-0.4, -0.2) is 45.7 Å². The average molecular weight is 440 g/mol. The Morgan fingerprint density at radius 3 is 2.83 bits per heavy atom. The summed E-state index contributed by atoms with van der Waals surface area (Å²) in [6.07, 6.45) is 1.68. The summed E-state index contributed by atoms with van der Waals surface area (Å²) in [5, 5.41) is 42.5. The molecular weight excluding hydrogens is 426 g/mol. The minimum Gasteiger partial charge on any atom is -0.392 e. The maximum absolute atomic E-state index is 9.67. The maximum atomic E-state index is 9.67. The van der Waals surface area contributed by atoms with E-state index in [1.165, 1.54) is 11.3 Å². The molecule has 0 atom stereocenters. The van der Waals surface area contributed by atoms with Crippen LogP contribution in [0.5, 0.6) is 0 Å². The van der Waals surface area contributed by atoms with Crippen molar-refractivity contribution in [2.45, 2.75) is 6.61 Å². The molecule has 0 saturated heterocycles. The first-order chi connectivity index (χ1) is 14.6. The van der Waals surface area contributed by atoms with Crippen molar-refractivity contribution in [2.24, 2.45) is 7.05 Å². The van der Waals surface area contributed by atoms with Crippen LogP contribution in [-0.2, 0) is 13.7 Å². The van der Waals surface area contributed by atoms with Gasteiger partial charge in [-0.25, -0.2) is 4.68 Å². The molecule has 0 fully saturated rings. The Morgan fingerprint density at radius 2 is 2.03 bits per heavy atom. The third-order valence-corrected chi connectivity index (χ3v) is 5.82. The summed E-state index contributed by atoms with van der Waals surface area (Å²) in [4.78, 5) is 0. The van der Waals surface area contributed by atoms with Crippen molar-refractivity contribution in [3.8, 4) is 22.0 Å². The predicted molar refractivity (Wildman–Crippen MR) is 113 cm³/mol. The van der Waals surface area contributed by atoms with Gasteiger partial charge >= 0.3 is 0 Å². The zero-order chi connectivity index (χ0) is 20.7. The van der Waals surface area contributed by atoms with Gasteiger partial charge in [0.15, 0.2) is 5.82 Å². The van der Waals surface area contributed by atoms with Gasteiger partial charge in [-0.3, -0.25) is 5.10 Å². The Kier molecular flexibility index (Phi) is 4.62. The number of nitrogens with zero attached hydrogens (tertiary/aromatic N) is 7. The molecule has 0 radical (unpaired) electrons. The van der Waals surface area contributed by atoms with Crippen LogP contribution in [0.1, 0.15) is 5.56 Å². The van der Waals surface area contributed by atoms with E-state index >= 15 is 0 Å². The molecule has 3 N–H and O–H groups in total. The number of halogens is 1. The van der Waals surface area contributed by atoms with Crippen LogP contribution < -0.4 is 5.32 Å². The molecule has 0 aliphatic rings. The minimum atomic E-state index is -0.115. The van der Waals surface area contributed by atoms with Crippen LogP contribution in [0.15, 0.2) is 36.5 Å². The first kappa shape index (κ1) is 18.6. The fourth-order valence-electron chi connectivity index (χ4n) is 3.10. The van der Waals surface area contributed by atoms with E-state index in [-0.39, 0.29) is 6.61 Å². The summed E-state index contributed by atoms with van der Waals surface area (Å²) < 4.78 is 1.57. The Hall–Kier alpha value is -3.41. The van der Waals surface area contributed by atoms with Crippen LogP contribution in [0.3, 0.4) is 0 Å². The molecule has 30 heavy (non-hydrogen) atoms. The molecule has 0 aliphatic carbocycles. The van der Waals surface area contributed by atoms with Crippen molar-refractivity contribution < 1.29 is 5.11 Å². The van der Waals surface area contributed by atoms with Crippen molar-refractivity contribution in [1.82, 2.24) is 40.6 Å². The zero-order valence-electron chi connectivity index (χ0n) is 15.5. The van der Waals surface area contributed by atoms with E-state index in [0.717, 1.165) is 27.6 Å². The molecule has 3 heterocycles. The largest absolute Gasteiger partial charge is 0.392 e. The lowest BCUT2D eigenvalue weighted by molar-refractivity contribution is 0.282. The third kappa shape index (κ3) is 3.28. The molecule has 5 rings (SSSR count). The van der Waals surface area contributed by atoms with Crippen LogP contribution in [0.25, 0.3) is 32.9 Å². The number of aryl methyl sites for hydroxylation is 1. The topological polar surface area (TPSA) is 130 Å². The highest BCUT2D eigenvalue weighted by atomic mass is 35.5. The summed E-state index contributed by atoms with van der Waals surface area (Å²) in [6.45, 7) is -0.115. The lowest BCUT2D eigenvalue weighted by atomic mass is 10.1. The molecule has 0 unspecified atom stereocenters. The number of hydrogen-bond acceptors (Lipinski definition) is 9. The molecule has 0 aliphatic heterocycles. The highest BCUT2D eigenvalue weighted by Gasteiger charge is 2.14. The second-order valence-electron chi connectivity index (χ2n) is 6.50. The molecule has 12 heteroatoms. The molecule has 3 aromatic heterocycles. The van der Waals surface area contributed by atoms with E-state index in [1.807, 2.05) is 30.3 Å². The van der Waals surface area contributed by atoms with E-state index in [0.29, 0.717) is 26.7 Å². The van der Waals surface area contributed by atoms with Crippen molar-refractivity contribution in [1.29, 1.82) is 0 Å². The van der Waals surface area contributed by atoms with Crippen molar-refractivity contribution >= 4 is 44.7 Å². The monoisotopic (exact) mass is 439 g/mol. The second-order valence-corrected chi connectivity index (χ2v) is 7.85. The van der Waals surface area contributed by atoms with Crippen molar-refractivity contribution in [2.75, 3.05) is 5.32 Å². The minimum absolute atomic E-state index is 0.115. The second kappa shape index (κ2) is 7.44. The molecule has 5 aromatic rings. The molecule has 0 amide bonds. The number of aliphatic hydroxyl groups excluding tert-OH is 1. The maximum Gasteiger partial charge on any atom is 0.210 e. The quantitative estimate of drug-likeness (QED) is 0.380. The standard InChI is InChI=1S/C18H14ClN9OS/c1-28-16(23-26-27-28)10-4-9(8-29)5-11(6-10)17-24-25-18(30-17)21-14-3-2-13-12(15(14)19)7-20-22-13/h2-7,29H,8H2,1H3,(H,20,22)(H,21,25). The first-order valence-electron chi connectivity index (χ1n) is 8.82. The van der Waals surface area contributed by atoms with Gasteiger partial charge in [0.05, 0.1) is 29.0 Å². The lowest BCUT2D eigenvalue weighted by Gasteiger charge is -2.06. The Bertz CT molecular complexity index is 1360. The predicted octanol–water partition coefficient (Wildman–Crippen LogP) is 3.16. The number of nitrogens with one attached hydrogen (secondary N) is 2. The van der Waals surface area contributed by atoms with Crippen LogP contribution in [0, 0.1) is 0 Å². The number of hydrogen-bond donors (Lipinski definition) is 3. The number of H-pyrrole nitrogens is 1. The van der Waals surface area contributed by atoms with Crippen molar-refractivity contribution in [3.05, 3.63) is 47.1 Å². The number of benzene rings is 2. The molecule has 0 saturated carbocycles. The van der Waals surface area contributed by atoms with Gasteiger partial charge in [-0.1, -0.05) is 22.9 Å². The first-order valence-corrected chi connectivity index (χ1v) is 10.0. The fourth-order valence-corrected chi connectivity index (χ4v) is 4.10. The number of fused-ring (bicyclic) bond motifs is 1. The molecule has 0 spiro atoms. The summed E-state index contributed by atoms with van der Waals surface area (Å²) >= 11 is 7.84. The number of rotatable bonds is 5. The molecule has 10 nitrogen and oxygen atoms in total. The Morgan fingerprint density at radius 1 is 1.17 bits per heavy atom. The smallest absolute Gasteiger partial charge is 0.210 e. The van der Waals surface area contributed by atoms with E-state index < -0.39 is 0 Å². The normalized spacial score (nSPS) is 11.3. The number of aromatic amines is 1. The van der Waals surface area contributed by atoms with Gasteiger partial charge in [-0.2, -0.15) is 5.10 Å². The van der Waals surface area contributed by atoms with Crippen LogP contribution >= 0.6 is 22.9 Å². The molecular formula is C18H14ClN9OS. The van der Waals surface area contributed by atoms with Crippen LogP contribution in [0.4, 0.5) is 10.8 Å². The molecule has 2 aromatic carbocycles.